The molecular formula is C4H7ClF2. The summed E-state index contributed by atoms with van der Waals surface area (Å²) in [5, 5.41) is 0. The van der Waals surface area contributed by atoms with E-state index in [4.69, 9.17) is 0 Å². The molecular weight excluding hydrogens is 121 g/mol. The molecule has 7 heavy (non-hydrogen) atoms. The number of alkyl halides is 2. The van der Waals surface area contributed by atoms with E-state index < -0.39 is 12.3 Å². The highest BCUT2D eigenvalue weighted by Crippen LogP contribution is 2.25. The lowest BCUT2D eigenvalue weighted by molar-refractivity contribution is 0.0709. The minimum Gasteiger partial charge on any atom is -0.244 e. The van der Waals surface area contributed by atoms with Crippen LogP contribution in [0.1, 0.15) is 12.8 Å². The second kappa shape index (κ2) is 2.46. The van der Waals surface area contributed by atoms with E-state index in [9.17, 15) is 8.78 Å². The van der Waals surface area contributed by atoms with Gasteiger partial charge in [0.1, 0.15) is 12.3 Å². The molecule has 0 saturated heterocycles. The lowest BCUT2D eigenvalue weighted by atomic mass is 9.96. The van der Waals surface area contributed by atoms with Crippen LogP contribution in [-0.2, 0) is 0 Å². The number of hydrogen-bond donors (Lipinski definition) is 0. The molecule has 3 heteroatoms. The van der Waals surface area contributed by atoms with Crippen molar-refractivity contribution in [1.82, 2.24) is 0 Å². The first-order valence-corrected chi connectivity index (χ1v) is 2.09. The highest BCUT2D eigenvalue weighted by Gasteiger charge is 2.29. The van der Waals surface area contributed by atoms with E-state index in [0.717, 1.165) is 0 Å². The van der Waals surface area contributed by atoms with Gasteiger partial charge in [-0.25, -0.2) is 8.78 Å². The lowest BCUT2D eigenvalue weighted by Crippen LogP contribution is -2.28. The van der Waals surface area contributed by atoms with Crippen molar-refractivity contribution in [3.05, 3.63) is 0 Å². The molecule has 2 unspecified atom stereocenters. The molecule has 0 nitrogen and oxygen atoms in total. The smallest absolute Gasteiger partial charge is 0.131 e. The van der Waals surface area contributed by atoms with E-state index in [1.807, 2.05) is 0 Å². The van der Waals surface area contributed by atoms with Gasteiger partial charge in [-0.1, -0.05) is 0 Å². The molecule has 0 aromatic rings. The first-order chi connectivity index (χ1) is 2.80. The highest BCUT2D eigenvalue weighted by atomic mass is 35.5. The van der Waals surface area contributed by atoms with Crippen molar-refractivity contribution in [2.24, 2.45) is 0 Å². The summed E-state index contributed by atoms with van der Waals surface area (Å²) in [6, 6.07) is 0. The van der Waals surface area contributed by atoms with Crippen molar-refractivity contribution >= 4 is 12.4 Å². The molecule has 0 aromatic carbocycles. The Morgan fingerprint density at radius 3 is 1.29 bits per heavy atom. The summed E-state index contributed by atoms with van der Waals surface area (Å²) in [4.78, 5) is 0. The van der Waals surface area contributed by atoms with Gasteiger partial charge in [-0.05, 0) is 12.8 Å². The molecule has 1 saturated carbocycles. The third-order valence-electron chi connectivity index (χ3n) is 1.11. The van der Waals surface area contributed by atoms with Gasteiger partial charge in [0.15, 0.2) is 0 Å². The summed E-state index contributed by atoms with van der Waals surface area (Å²) in [7, 11) is 0. The first-order valence-electron chi connectivity index (χ1n) is 2.09. The van der Waals surface area contributed by atoms with Gasteiger partial charge < -0.3 is 0 Å². The average molecular weight is 129 g/mol. The molecule has 0 heterocycles. The van der Waals surface area contributed by atoms with Crippen LogP contribution in [0.4, 0.5) is 8.78 Å². The van der Waals surface area contributed by atoms with Crippen LogP contribution in [0.25, 0.3) is 0 Å². The topological polar surface area (TPSA) is 0 Å². The summed E-state index contributed by atoms with van der Waals surface area (Å²) >= 11 is 0. The van der Waals surface area contributed by atoms with Crippen LogP contribution in [0, 0.1) is 0 Å². The van der Waals surface area contributed by atoms with Crippen LogP contribution in [0.2, 0.25) is 0 Å². The second-order valence-corrected chi connectivity index (χ2v) is 1.61. The summed E-state index contributed by atoms with van der Waals surface area (Å²) in [5.41, 5.74) is 0. The van der Waals surface area contributed by atoms with Gasteiger partial charge in [0.25, 0.3) is 0 Å². The Kier molecular flexibility index (Phi) is 2.51. The van der Waals surface area contributed by atoms with E-state index in [2.05, 4.69) is 0 Å². The molecule has 0 spiro atoms. The molecule has 0 aliphatic heterocycles. The van der Waals surface area contributed by atoms with Crippen LogP contribution < -0.4 is 0 Å². The van der Waals surface area contributed by atoms with Crippen LogP contribution >= 0.6 is 12.4 Å². The van der Waals surface area contributed by atoms with Crippen molar-refractivity contribution in [3.63, 3.8) is 0 Å². The molecule has 0 radical (unpaired) electrons. The van der Waals surface area contributed by atoms with Gasteiger partial charge in [0, 0.05) is 0 Å². The van der Waals surface area contributed by atoms with Crippen LogP contribution in [0.3, 0.4) is 0 Å². The molecule has 0 amide bonds. The molecule has 0 bridgehead atoms. The third-order valence-corrected chi connectivity index (χ3v) is 1.11. The lowest BCUT2D eigenvalue weighted by Gasteiger charge is -2.21. The molecule has 44 valence electrons. The number of halogens is 3. The predicted molar refractivity (Wildman–Crippen MR) is 26.3 cm³/mol. The summed E-state index contributed by atoms with van der Waals surface area (Å²) in [6.45, 7) is 0. The van der Waals surface area contributed by atoms with Crippen molar-refractivity contribution in [1.29, 1.82) is 0 Å². The van der Waals surface area contributed by atoms with Gasteiger partial charge in [-0.3, -0.25) is 0 Å². The fourth-order valence-electron chi connectivity index (χ4n) is 0.419. The standard InChI is InChI=1S/C4H6F2.ClH/c5-3-1-2-4(3)6;/h3-4H,1-2H2;1H. The fraction of sp³-hybridized carbons (Fsp3) is 1.00. The van der Waals surface area contributed by atoms with Gasteiger partial charge in [0.2, 0.25) is 0 Å². The average Bonchev–Trinajstić information content (AvgIpc) is 1.61. The Bertz CT molecular complexity index is 49.7. The molecule has 1 aliphatic rings. The summed E-state index contributed by atoms with van der Waals surface area (Å²) in [6.07, 6.45) is -1.41. The Hall–Kier alpha value is 0.150. The monoisotopic (exact) mass is 128 g/mol. The van der Waals surface area contributed by atoms with E-state index in [-0.39, 0.29) is 12.4 Å². The van der Waals surface area contributed by atoms with Crippen molar-refractivity contribution in [2.45, 2.75) is 25.2 Å². The van der Waals surface area contributed by atoms with Gasteiger partial charge in [-0.2, -0.15) is 0 Å². The SMILES string of the molecule is Cl.FC1CCC1F. The van der Waals surface area contributed by atoms with E-state index in [1.54, 1.807) is 0 Å². The maximum atomic E-state index is 11.5. The summed E-state index contributed by atoms with van der Waals surface area (Å²) in [5.74, 6) is 0. The van der Waals surface area contributed by atoms with E-state index in [0.29, 0.717) is 12.8 Å². The maximum absolute atomic E-state index is 11.5. The minimum absolute atomic E-state index is 0. The van der Waals surface area contributed by atoms with Gasteiger partial charge in [-0.15, -0.1) is 12.4 Å². The zero-order valence-electron chi connectivity index (χ0n) is 3.73. The second-order valence-electron chi connectivity index (χ2n) is 1.61. The Morgan fingerprint density at radius 1 is 1.00 bits per heavy atom. The van der Waals surface area contributed by atoms with Crippen LogP contribution in [0.15, 0.2) is 0 Å². The normalized spacial score (nSPS) is 38.6. The van der Waals surface area contributed by atoms with Crippen molar-refractivity contribution in [2.75, 3.05) is 0 Å². The van der Waals surface area contributed by atoms with Gasteiger partial charge >= 0.3 is 0 Å². The summed E-state index contributed by atoms with van der Waals surface area (Å²) < 4.78 is 23.1. The Labute approximate surface area is 47.3 Å². The first kappa shape index (κ1) is 7.15. The van der Waals surface area contributed by atoms with Crippen molar-refractivity contribution in [3.8, 4) is 0 Å². The highest BCUT2D eigenvalue weighted by molar-refractivity contribution is 5.85. The molecule has 0 N–H and O–H groups in total. The van der Waals surface area contributed by atoms with Crippen molar-refractivity contribution < 1.29 is 8.78 Å². The van der Waals surface area contributed by atoms with Crippen LogP contribution in [-0.4, -0.2) is 12.3 Å². The quantitative estimate of drug-likeness (QED) is 0.467. The Balaban J connectivity index is 0.000000360. The third kappa shape index (κ3) is 1.27. The van der Waals surface area contributed by atoms with Gasteiger partial charge in [0.05, 0.1) is 0 Å². The maximum Gasteiger partial charge on any atom is 0.131 e. The molecule has 0 aromatic heterocycles. The predicted octanol–water partition coefficient (Wildman–Crippen LogP) is 1.88. The zero-order valence-corrected chi connectivity index (χ0v) is 4.55. The molecule has 1 aliphatic carbocycles. The zero-order chi connectivity index (χ0) is 4.57. The number of hydrogen-bond acceptors (Lipinski definition) is 0. The molecule has 2 atom stereocenters. The fourth-order valence-corrected chi connectivity index (χ4v) is 0.419. The largest absolute Gasteiger partial charge is 0.244 e. The van der Waals surface area contributed by atoms with E-state index in [1.165, 1.54) is 0 Å². The minimum atomic E-state index is -1.13. The molecule has 1 rings (SSSR count). The van der Waals surface area contributed by atoms with Crippen LogP contribution in [0.5, 0.6) is 0 Å². The number of rotatable bonds is 0. The Morgan fingerprint density at radius 2 is 1.29 bits per heavy atom. The van der Waals surface area contributed by atoms with E-state index >= 15 is 0 Å². The molecule has 1 fully saturated rings.